The number of carbonyl (C=O) groups is 2. The van der Waals surface area contributed by atoms with Gasteiger partial charge in [-0.2, -0.15) is 0 Å². The van der Waals surface area contributed by atoms with Gasteiger partial charge >= 0.3 is 6.03 Å². The fraction of sp³-hybridized carbons (Fsp3) is 0.161. The van der Waals surface area contributed by atoms with Crippen molar-refractivity contribution in [3.05, 3.63) is 85.1 Å². The van der Waals surface area contributed by atoms with Crippen molar-refractivity contribution in [2.45, 2.75) is 6.92 Å². The number of urea groups is 1. The van der Waals surface area contributed by atoms with Gasteiger partial charge in [-0.25, -0.2) is 19.2 Å². The Labute approximate surface area is 246 Å². The van der Waals surface area contributed by atoms with Crippen LogP contribution in [0.15, 0.2) is 79.3 Å². The van der Waals surface area contributed by atoms with Gasteiger partial charge in [-0.15, -0.1) is 0 Å². The molecule has 0 aliphatic carbocycles. The minimum Gasteiger partial charge on any atom is -0.378 e. The standard InChI is InChI=1S/C31H27FN8O3/c1-19(41)35-23-5-7-24(8-6-23)36-31(42)38-26-9-4-20(15-25(26)32)29-37-27-16-22(21-3-2-10-33-17-21)18-34-28(27)30(39-29)40-11-13-43-14-12-40/h2-10,15-18H,11-14H2,1H3,(H,35,41)(H2,36,38,42). The summed E-state index contributed by atoms with van der Waals surface area (Å²) in [7, 11) is 0. The number of nitrogens with zero attached hydrogens (tertiary/aromatic N) is 5. The number of pyridine rings is 2. The van der Waals surface area contributed by atoms with E-state index in [0.717, 1.165) is 11.1 Å². The zero-order valence-corrected chi connectivity index (χ0v) is 23.2. The Bertz CT molecular complexity index is 1800. The molecule has 0 bridgehead atoms. The van der Waals surface area contributed by atoms with Crippen molar-refractivity contribution in [2.24, 2.45) is 0 Å². The van der Waals surface area contributed by atoms with Crippen LogP contribution in [-0.4, -0.2) is 58.2 Å². The molecule has 1 aliphatic heterocycles. The highest BCUT2D eigenvalue weighted by atomic mass is 19.1. The number of fused-ring (bicyclic) bond motifs is 1. The average Bonchev–Trinajstić information content (AvgIpc) is 3.03. The smallest absolute Gasteiger partial charge is 0.323 e. The second-order valence-corrected chi connectivity index (χ2v) is 9.84. The number of nitrogens with one attached hydrogen (secondary N) is 3. The van der Waals surface area contributed by atoms with Crippen LogP contribution in [0.1, 0.15) is 6.92 Å². The highest BCUT2D eigenvalue weighted by molar-refractivity contribution is 6.00. The number of morpholine rings is 1. The molecule has 2 aromatic carbocycles. The van der Waals surface area contributed by atoms with E-state index in [2.05, 4.69) is 25.8 Å². The monoisotopic (exact) mass is 578 g/mol. The van der Waals surface area contributed by atoms with E-state index in [4.69, 9.17) is 19.7 Å². The van der Waals surface area contributed by atoms with Crippen LogP contribution in [0.2, 0.25) is 0 Å². The van der Waals surface area contributed by atoms with Crippen molar-refractivity contribution in [1.29, 1.82) is 0 Å². The molecule has 3 aromatic heterocycles. The minimum atomic E-state index is -0.646. The molecule has 6 rings (SSSR count). The molecule has 4 heterocycles. The van der Waals surface area contributed by atoms with Crippen LogP contribution in [-0.2, 0) is 9.53 Å². The summed E-state index contributed by atoms with van der Waals surface area (Å²) in [5.74, 6) is 0.128. The Morgan fingerprint density at radius 2 is 1.63 bits per heavy atom. The Morgan fingerprint density at radius 1 is 0.860 bits per heavy atom. The Balaban J connectivity index is 1.27. The van der Waals surface area contributed by atoms with Gasteiger partial charge in [-0.1, -0.05) is 6.07 Å². The third-order valence-electron chi connectivity index (χ3n) is 6.76. The summed E-state index contributed by atoms with van der Waals surface area (Å²) in [5.41, 5.74) is 4.50. The number of benzene rings is 2. The summed E-state index contributed by atoms with van der Waals surface area (Å²) in [6.07, 6.45) is 5.23. The number of ether oxygens (including phenoxy) is 1. The Kier molecular flexibility index (Phi) is 7.83. The molecule has 216 valence electrons. The lowest BCUT2D eigenvalue weighted by Crippen LogP contribution is -2.37. The van der Waals surface area contributed by atoms with Crippen LogP contribution < -0.4 is 20.9 Å². The van der Waals surface area contributed by atoms with Crippen LogP contribution in [0.4, 0.5) is 32.1 Å². The van der Waals surface area contributed by atoms with Gasteiger partial charge < -0.3 is 25.6 Å². The van der Waals surface area contributed by atoms with Crippen molar-refractivity contribution in [2.75, 3.05) is 47.2 Å². The van der Waals surface area contributed by atoms with Gasteiger partial charge in [0.05, 0.1) is 24.4 Å². The lowest BCUT2D eigenvalue weighted by atomic mass is 10.1. The van der Waals surface area contributed by atoms with Crippen molar-refractivity contribution >= 4 is 45.9 Å². The fourth-order valence-electron chi connectivity index (χ4n) is 4.70. The number of anilines is 4. The molecule has 12 heteroatoms. The largest absolute Gasteiger partial charge is 0.378 e. The normalized spacial score (nSPS) is 13.0. The topological polar surface area (TPSA) is 134 Å². The van der Waals surface area contributed by atoms with E-state index in [1.807, 2.05) is 18.2 Å². The maximum atomic E-state index is 15.3. The maximum Gasteiger partial charge on any atom is 0.323 e. The molecule has 0 radical (unpaired) electrons. The molecule has 0 saturated carbocycles. The molecule has 1 saturated heterocycles. The number of hydrogen-bond donors (Lipinski definition) is 3. The molecule has 11 nitrogen and oxygen atoms in total. The van der Waals surface area contributed by atoms with Crippen LogP contribution in [0.5, 0.6) is 0 Å². The van der Waals surface area contributed by atoms with E-state index >= 15 is 4.39 Å². The number of rotatable bonds is 6. The van der Waals surface area contributed by atoms with E-state index in [0.29, 0.717) is 65.9 Å². The lowest BCUT2D eigenvalue weighted by molar-refractivity contribution is -0.114. The summed E-state index contributed by atoms with van der Waals surface area (Å²) in [4.78, 5) is 44.3. The van der Waals surface area contributed by atoms with E-state index in [9.17, 15) is 9.59 Å². The fourth-order valence-corrected chi connectivity index (χ4v) is 4.70. The molecule has 43 heavy (non-hydrogen) atoms. The number of carbonyl (C=O) groups excluding carboxylic acids is 2. The maximum absolute atomic E-state index is 15.3. The van der Waals surface area contributed by atoms with Gasteiger partial charge in [0.25, 0.3) is 0 Å². The zero-order chi connectivity index (χ0) is 29.8. The summed E-state index contributed by atoms with van der Waals surface area (Å²) >= 11 is 0. The average molecular weight is 579 g/mol. The molecule has 1 aliphatic rings. The first-order valence-electron chi connectivity index (χ1n) is 13.6. The first kappa shape index (κ1) is 27.7. The summed E-state index contributed by atoms with van der Waals surface area (Å²) in [5, 5.41) is 7.83. The quantitative estimate of drug-likeness (QED) is 0.246. The lowest BCUT2D eigenvalue weighted by Gasteiger charge is -2.28. The number of hydrogen-bond acceptors (Lipinski definition) is 8. The first-order chi connectivity index (χ1) is 20.9. The van der Waals surface area contributed by atoms with Gasteiger partial charge in [-0.05, 0) is 54.6 Å². The minimum absolute atomic E-state index is 0.00848. The molecule has 0 spiro atoms. The second-order valence-electron chi connectivity index (χ2n) is 9.84. The second kappa shape index (κ2) is 12.2. The van der Waals surface area contributed by atoms with Gasteiger partial charge in [0.15, 0.2) is 11.6 Å². The van der Waals surface area contributed by atoms with E-state index in [1.165, 1.54) is 19.1 Å². The summed E-state index contributed by atoms with van der Waals surface area (Å²) in [6.45, 7) is 3.81. The molecule has 3 amide bonds. The van der Waals surface area contributed by atoms with Crippen LogP contribution in [0.3, 0.4) is 0 Å². The van der Waals surface area contributed by atoms with E-state index in [1.54, 1.807) is 48.9 Å². The third kappa shape index (κ3) is 6.39. The number of halogens is 1. The third-order valence-corrected chi connectivity index (χ3v) is 6.76. The molecular formula is C31H27FN8O3. The molecule has 1 fully saturated rings. The highest BCUT2D eigenvalue weighted by Gasteiger charge is 2.20. The zero-order valence-electron chi connectivity index (χ0n) is 23.2. The summed E-state index contributed by atoms with van der Waals surface area (Å²) < 4.78 is 20.8. The number of amides is 3. The number of aromatic nitrogens is 4. The van der Waals surface area contributed by atoms with Gasteiger partial charge in [0.1, 0.15) is 11.3 Å². The molecule has 3 N–H and O–H groups in total. The van der Waals surface area contributed by atoms with E-state index in [-0.39, 0.29) is 11.6 Å². The first-order valence-corrected chi connectivity index (χ1v) is 13.6. The Morgan fingerprint density at radius 3 is 2.33 bits per heavy atom. The molecule has 5 aromatic rings. The van der Waals surface area contributed by atoms with Crippen molar-refractivity contribution < 1.29 is 18.7 Å². The Hall–Kier alpha value is -5.49. The van der Waals surface area contributed by atoms with Crippen LogP contribution in [0.25, 0.3) is 33.5 Å². The van der Waals surface area contributed by atoms with Crippen molar-refractivity contribution in [3.8, 4) is 22.5 Å². The molecule has 0 unspecified atom stereocenters. The predicted octanol–water partition coefficient (Wildman–Crippen LogP) is 5.33. The van der Waals surface area contributed by atoms with Crippen molar-refractivity contribution in [3.63, 3.8) is 0 Å². The SMILES string of the molecule is CC(=O)Nc1ccc(NC(=O)Nc2ccc(-c3nc(N4CCOCC4)c4ncc(-c5cccnc5)cc4n3)cc2F)cc1. The van der Waals surface area contributed by atoms with Gasteiger partial charge in [-0.3, -0.25) is 14.8 Å². The molecule has 0 atom stereocenters. The van der Waals surface area contributed by atoms with Crippen LogP contribution in [0, 0.1) is 5.82 Å². The molecular weight excluding hydrogens is 551 g/mol. The summed E-state index contributed by atoms with van der Waals surface area (Å²) in [6, 6.07) is 16.1. The van der Waals surface area contributed by atoms with E-state index < -0.39 is 11.8 Å². The highest BCUT2D eigenvalue weighted by Crippen LogP contribution is 2.31. The van der Waals surface area contributed by atoms with Gasteiger partial charge in [0, 0.05) is 66.7 Å². The van der Waals surface area contributed by atoms with Crippen molar-refractivity contribution in [1.82, 2.24) is 19.9 Å². The predicted molar refractivity (Wildman–Crippen MR) is 162 cm³/mol. The van der Waals surface area contributed by atoms with Crippen LogP contribution >= 0.6 is 0 Å². The van der Waals surface area contributed by atoms with Gasteiger partial charge in [0.2, 0.25) is 5.91 Å².